The maximum atomic E-state index is 17.3. The molecule has 3 aromatic heterocycles. The van der Waals surface area contributed by atoms with Gasteiger partial charge in [-0.25, -0.2) is 28.9 Å². The third-order valence-electron chi connectivity index (χ3n) is 9.59. The lowest BCUT2D eigenvalue weighted by molar-refractivity contribution is -0.156. The number of likely N-dealkylation sites (tertiary alicyclic amines) is 1. The maximum Gasteiger partial charge on any atom is 0.410 e. The number of esters is 1. The molecular formula is C41H49ClFN5O9. The topological polar surface area (TPSA) is 167 Å². The Kier molecular flexibility index (Phi) is 12.0. The number of halogens is 2. The number of hydrogen-bond donors (Lipinski definition) is 1. The van der Waals surface area contributed by atoms with E-state index in [1.165, 1.54) is 17.2 Å². The maximum absolute atomic E-state index is 17.3. The monoisotopic (exact) mass is 809 g/mol. The van der Waals surface area contributed by atoms with Crippen LogP contribution >= 0.6 is 11.6 Å². The van der Waals surface area contributed by atoms with Crippen LogP contribution in [0.5, 0.6) is 5.88 Å². The molecule has 4 aromatic rings. The van der Waals surface area contributed by atoms with E-state index in [2.05, 4.69) is 4.98 Å². The van der Waals surface area contributed by atoms with Crippen LogP contribution in [0.2, 0.25) is 5.02 Å². The quantitative estimate of drug-likeness (QED) is 0.116. The molecule has 0 saturated carbocycles. The van der Waals surface area contributed by atoms with Crippen LogP contribution in [0.15, 0.2) is 47.0 Å². The van der Waals surface area contributed by atoms with Gasteiger partial charge in [-0.2, -0.15) is 0 Å². The molecule has 1 amide bonds. The molecule has 57 heavy (non-hydrogen) atoms. The number of carbonyl (C=O) groups is 3. The number of amides is 1. The van der Waals surface area contributed by atoms with Crippen molar-refractivity contribution in [3.05, 3.63) is 59.0 Å². The summed E-state index contributed by atoms with van der Waals surface area (Å²) in [7, 11) is 0. The Morgan fingerprint density at radius 2 is 1.82 bits per heavy atom. The lowest BCUT2D eigenvalue weighted by Gasteiger charge is -2.42. The third-order valence-corrected chi connectivity index (χ3v) is 9.80. The van der Waals surface area contributed by atoms with E-state index in [1.807, 2.05) is 24.3 Å². The molecule has 16 heteroatoms. The zero-order valence-corrected chi connectivity index (χ0v) is 34.0. The predicted octanol–water partition coefficient (Wildman–Crippen LogP) is 7.74. The van der Waals surface area contributed by atoms with E-state index in [9.17, 15) is 14.4 Å². The summed E-state index contributed by atoms with van der Waals surface area (Å²) in [6, 6.07) is 8.00. The van der Waals surface area contributed by atoms with Gasteiger partial charge < -0.3 is 38.3 Å². The van der Waals surface area contributed by atoms with Crippen LogP contribution in [-0.4, -0.2) is 99.2 Å². The predicted molar refractivity (Wildman–Crippen MR) is 211 cm³/mol. The summed E-state index contributed by atoms with van der Waals surface area (Å²) >= 11 is 6.42. The second kappa shape index (κ2) is 16.5. The normalized spacial score (nSPS) is 21.7. The van der Waals surface area contributed by atoms with Crippen LogP contribution < -0.4 is 9.64 Å². The second-order valence-corrected chi connectivity index (χ2v) is 16.9. The van der Waals surface area contributed by atoms with Crippen molar-refractivity contribution in [2.24, 2.45) is 5.92 Å². The zero-order chi connectivity index (χ0) is 41.3. The van der Waals surface area contributed by atoms with Crippen LogP contribution in [0.1, 0.15) is 79.1 Å². The molecular weight excluding hydrogens is 761 g/mol. The van der Waals surface area contributed by atoms with Crippen LogP contribution in [0.25, 0.3) is 28.1 Å². The van der Waals surface area contributed by atoms with E-state index in [0.29, 0.717) is 28.3 Å². The highest BCUT2D eigenvalue weighted by molar-refractivity contribution is 6.30. The number of para-hydroxylation sites is 1. The van der Waals surface area contributed by atoms with Crippen LogP contribution in [0, 0.1) is 5.92 Å². The molecule has 0 unspecified atom stereocenters. The molecule has 14 nitrogen and oxygen atoms in total. The van der Waals surface area contributed by atoms with Crippen molar-refractivity contribution in [1.82, 2.24) is 19.9 Å². The number of ether oxygens (including phenoxy) is 4. The summed E-state index contributed by atoms with van der Waals surface area (Å²) in [5, 5.41) is 9.87. The van der Waals surface area contributed by atoms with Gasteiger partial charge in [-0.3, -0.25) is 4.79 Å². The lowest BCUT2D eigenvalue weighted by Crippen LogP contribution is -2.50. The van der Waals surface area contributed by atoms with Crippen molar-refractivity contribution in [2.45, 2.75) is 96.7 Å². The van der Waals surface area contributed by atoms with Gasteiger partial charge in [0.1, 0.15) is 40.1 Å². The van der Waals surface area contributed by atoms with E-state index in [0.717, 1.165) is 5.39 Å². The molecule has 2 aliphatic rings. The number of rotatable bonds is 11. The first kappa shape index (κ1) is 41.6. The number of aromatic nitrogens is 3. The highest BCUT2D eigenvalue weighted by Crippen LogP contribution is 2.46. The number of fused-ring (bicyclic) bond motifs is 3. The number of nitrogens with zero attached hydrogens (tertiary/aromatic N) is 5. The minimum atomic E-state index is -1.96. The first-order chi connectivity index (χ1) is 26.8. The molecule has 306 valence electrons. The highest BCUT2D eigenvalue weighted by Gasteiger charge is 2.48. The van der Waals surface area contributed by atoms with Crippen molar-refractivity contribution in [3.8, 4) is 5.88 Å². The number of carbonyl (C=O) groups excluding carboxylic acids is 2. The van der Waals surface area contributed by atoms with Gasteiger partial charge in [0, 0.05) is 43.4 Å². The molecule has 4 atom stereocenters. The molecule has 6 rings (SSSR count). The molecule has 0 radical (unpaired) electrons. The molecule has 0 spiro atoms. The fourth-order valence-electron chi connectivity index (χ4n) is 7.02. The molecule has 1 N–H and O–H groups in total. The number of pyridine rings is 1. The smallest absolute Gasteiger partial charge is 0.410 e. The Labute approximate surface area is 335 Å². The first-order valence-corrected chi connectivity index (χ1v) is 19.3. The van der Waals surface area contributed by atoms with Crippen molar-refractivity contribution in [2.75, 3.05) is 37.7 Å². The Balaban J connectivity index is 1.33. The number of carboxylic acid groups (broad SMARTS) is 1. The minimum absolute atomic E-state index is 0.0253. The number of hydrogen-bond acceptors (Lipinski definition) is 12. The molecule has 1 aromatic carbocycles. The number of piperidine rings is 1. The van der Waals surface area contributed by atoms with Crippen molar-refractivity contribution in [3.63, 3.8) is 0 Å². The lowest BCUT2D eigenvalue weighted by atomic mass is 9.79. The molecule has 2 aliphatic heterocycles. The van der Waals surface area contributed by atoms with Gasteiger partial charge in [0.2, 0.25) is 5.88 Å². The van der Waals surface area contributed by atoms with E-state index in [-0.39, 0.29) is 68.6 Å². The average molecular weight is 810 g/mol. The molecule has 2 saturated heterocycles. The van der Waals surface area contributed by atoms with Gasteiger partial charge in [-0.1, -0.05) is 36.7 Å². The fourth-order valence-corrected chi connectivity index (χ4v) is 7.17. The Morgan fingerprint density at radius 1 is 1.09 bits per heavy atom. The van der Waals surface area contributed by atoms with E-state index in [4.69, 9.17) is 50.0 Å². The summed E-state index contributed by atoms with van der Waals surface area (Å²) in [5.74, 6) is -1.51. The molecule has 5 heterocycles. The van der Waals surface area contributed by atoms with Crippen LogP contribution in [-0.2, 0) is 29.5 Å². The Bertz CT molecular complexity index is 2170. The summed E-state index contributed by atoms with van der Waals surface area (Å²) in [6.45, 7) is 12.9. The van der Waals surface area contributed by atoms with E-state index in [1.54, 1.807) is 65.5 Å². The van der Waals surface area contributed by atoms with Gasteiger partial charge in [0.25, 0.3) is 0 Å². The number of aliphatic carboxylic acids is 1. The standard InChI is InChI=1S/C41H49ClFN5O9/c1-24-22-47(38(52)57-40(5,6)7)16-15-41(24,43)28-19-25(42)21-44-36(28)54-26-20-29(37(51)56-39(2,3)4)48(23-26)35-34-33(27-11-8-9-12-30(27)55-34)45-31(46-35)13-10-17-53-18-14-32(49)50/h8-13,19,21,24,26,29H,14-18,20,22-23H2,1-7H3,(H,49,50)/t24-,26-,29-,41+/m0/s1. The second-order valence-electron chi connectivity index (χ2n) is 16.4. The van der Waals surface area contributed by atoms with Gasteiger partial charge in [0.15, 0.2) is 17.2 Å². The molecule has 0 bridgehead atoms. The van der Waals surface area contributed by atoms with Crippen molar-refractivity contribution >= 4 is 63.6 Å². The minimum Gasteiger partial charge on any atom is -0.481 e. The summed E-state index contributed by atoms with van der Waals surface area (Å²) in [6.07, 6.45) is 3.46. The summed E-state index contributed by atoms with van der Waals surface area (Å²) < 4.78 is 47.1. The Hall–Kier alpha value is -5.02. The summed E-state index contributed by atoms with van der Waals surface area (Å²) in [5.41, 5.74) is -1.89. The van der Waals surface area contributed by atoms with Gasteiger partial charge in [-0.05, 0) is 65.8 Å². The largest absolute Gasteiger partial charge is 0.481 e. The Morgan fingerprint density at radius 3 is 2.53 bits per heavy atom. The van der Waals surface area contributed by atoms with Crippen molar-refractivity contribution in [1.29, 1.82) is 0 Å². The van der Waals surface area contributed by atoms with Crippen LogP contribution in [0.3, 0.4) is 0 Å². The SMILES string of the molecule is C[C@H]1CN(C(=O)OC(C)(C)C)CC[C@]1(F)c1cc(Cl)cnc1O[C@H]1C[C@@H](C(=O)OC(C)(C)C)N(c2nc(C=CCOCCC(=O)O)nc3c2oc2ccccc23)C1. The number of benzene rings is 1. The number of carboxylic acids is 1. The number of furan rings is 1. The number of anilines is 1. The van der Waals surface area contributed by atoms with Gasteiger partial charge >= 0.3 is 18.0 Å². The average Bonchev–Trinajstić information content (AvgIpc) is 3.71. The molecule has 2 fully saturated rings. The fraction of sp³-hybridized carbons (Fsp3) is 0.512. The highest BCUT2D eigenvalue weighted by atomic mass is 35.5. The van der Waals surface area contributed by atoms with E-state index < -0.39 is 53.0 Å². The van der Waals surface area contributed by atoms with Crippen molar-refractivity contribution < 1.29 is 47.2 Å². The van der Waals surface area contributed by atoms with Crippen LogP contribution in [0.4, 0.5) is 15.0 Å². The third kappa shape index (κ3) is 9.75. The van der Waals surface area contributed by atoms with Gasteiger partial charge in [-0.15, -0.1) is 0 Å². The zero-order valence-electron chi connectivity index (χ0n) is 33.2. The summed E-state index contributed by atoms with van der Waals surface area (Å²) in [4.78, 5) is 55.1. The first-order valence-electron chi connectivity index (χ1n) is 19.0. The number of alkyl halides is 1. The van der Waals surface area contributed by atoms with Gasteiger partial charge in [0.05, 0.1) is 36.8 Å². The van der Waals surface area contributed by atoms with E-state index >= 15 is 4.39 Å². The molecule has 0 aliphatic carbocycles.